The van der Waals surface area contributed by atoms with Crippen LogP contribution in [0.3, 0.4) is 0 Å². The summed E-state index contributed by atoms with van der Waals surface area (Å²) < 4.78 is 0. The third-order valence-electron chi connectivity index (χ3n) is 1.56. The van der Waals surface area contributed by atoms with Gasteiger partial charge in [-0.15, -0.1) is 0 Å². The molecule has 1 heteroatoms. The molecule has 0 spiro atoms. The lowest BCUT2D eigenvalue weighted by molar-refractivity contribution is 1.71. The van der Waals surface area contributed by atoms with Gasteiger partial charge >= 0.3 is 0 Å². The lowest BCUT2D eigenvalue weighted by Crippen LogP contribution is -2.37. The summed E-state index contributed by atoms with van der Waals surface area (Å²) >= 11 is 0. The van der Waals surface area contributed by atoms with E-state index in [1.165, 1.54) is 5.19 Å². The smallest absolute Gasteiger partial charge is 0.0623 e. The molecule has 0 aliphatic carbocycles. The molecule has 0 radical (unpaired) electrons. The van der Waals surface area contributed by atoms with Gasteiger partial charge in [0, 0.05) is 0 Å². The Balaban J connectivity index is 2.97. The molecule has 1 aromatic carbocycles. The highest BCUT2D eigenvalue weighted by Crippen LogP contribution is 1.99. The molecule has 0 amide bonds. The zero-order valence-electron chi connectivity index (χ0n) is 6.59. The van der Waals surface area contributed by atoms with E-state index >= 15 is 0 Å². The number of benzene rings is 1. The maximum absolute atomic E-state index is 4.18. The van der Waals surface area contributed by atoms with Crippen LogP contribution in [0.4, 0.5) is 0 Å². The zero-order valence-corrected chi connectivity index (χ0v) is 7.59. The number of rotatable bonds is 1. The van der Waals surface area contributed by atoms with Gasteiger partial charge in [-0.25, -0.2) is 0 Å². The van der Waals surface area contributed by atoms with Crippen LogP contribution in [0.2, 0.25) is 13.1 Å². The van der Waals surface area contributed by atoms with Gasteiger partial charge in [0.15, 0.2) is 0 Å². The minimum atomic E-state index is -1.28. The van der Waals surface area contributed by atoms with E-state index in [1.54, 1.807) is 0 Å². The summed E-state index contributed by atoms with van der Waals surface area (Å²) in [6, 6.07) is 10.5. The first-order chi connectivity index (χ1) is 4.61. The summed E-state index contributed by atoms with van der Waals surface area (Å²) in [5.74, 6) is 0. The zero-order chi connectivity index (χ0) is 7.61. The van der Waals surface area contributed by atoms with Crippen LogP contribution in [0.25, 0.3) is 0 Å². The van der Waals surface area contributed by atoms with Gasteiger partial charge in [0.1, 0.15) is 0 Å². The maximum Gasteiger partial charge on any atom is -0.0623 e. The average molecular weight is 149 g/mol. The van der Waals surface area contributed by atoms with E-state index in [1.807, 2.05) is 6.07 Å². The van der Waals surface area contributed by atoms with Crippen molar-refractivity contribution in [1.29, 1.82) is 0 Å². The molecule has 0 unspecified atom stereocenters. The molecule has 0 saturated heterocycles. The summed E-state index contributed by atoms with van der Waals surface area (Å²) in [7, 11) is -1.28. The van der Waals surface area contributed by atoms with Gasteiger partial charge in [-0.1, -0.05) is 56.7 Å². The standard InChI is InChI=1S/C9H13Si/c1-10(2,3)9-7-5-4-6-8-9/h4-8H,1H2,2-3H3/q-1. The number of hydrogen-bond donors (Lipinski definition) is 0. The molecule has 0 aromatic heterocycles. The second-order valence-corrected chi connectivity index (χ2v) is 7.60. The first-order valence-electron chi connectivity index (χ1n) is 3.51. The van der Waals surface area contributed by atoms with Crippen molar-refractivity contribution in [3.05, 3.63) is 36.9 Å². The van der Waals surface area contributed by atoms with Crippen LogP contribution in [0, 0.1) is 6.55 Å². The minimum Gasteiger partial charge on any atom is -0.338 e. The van der Waals surface area contributed by atoms with Crippen LogP contribution in [0.15, 0.2) is 30.3 Å². The molecule has 10 heavy (non-hydrogen) atoms. The van der Waals surface area contributed by atoms with E-state index in [0.717, 1.165) is 0 Å². The van der Waals surface area contributed by atoms with Crippen molar-refractivity contribution in [2.75, 3.05) is 0 Å². The van der Waals surface area contributed by atoms with E-state index in [9.17, 15) is 0 Å². The first kappa shape index (κ1) is 7.54. The van der Waals surface area contributed by atoms with Crippen LogP contribution in [0.5, 0.6) is 0 Å². The van der Waals surface area contributed by atoms with E-state index in [0.29, 0.717) is 0 Å². The quantitative estimate of drug-likeness (QED) is 0.423. The van der Waals surface area contributed by atoms with Gasteiger partial charge < -0.3 is 6.55 Å². The average Bonchev–Trinajstić information content (AvgIpc) is 1.88. The summed E-state index contributed by atoms with van der Waals surface area (Å²) in [5.41, 5.74) is 0. The molecule has 1 aromatic rings. The van der Waals surface area contributed by atoms with Crippen LogP contribution in [-0.4, -0.2) is 8.07 Å². The van der Waals surface area contributed by atoms with E-state index in [2.05, 4.69) is 43.9 Å². The van der Waals surface area contributed by atoms with Crippen molar-refractivity contribution < 1.29 is 0 Å². The normalized spacial score (nSPS) is 11.5. The Kier molecular flexibility index (Phi) is 1.95. The fourth-order valence-electron chi connectivity index (χ4n) is 0.889. The maximum atomic E-state index is 4.18. The SMILES string of the molecule is [CH2-][Si](C)(C)c1ccccc1. The van der Waals surface area contributed by atoms with E-state index in [-0.39, 0.29) is 0 Å². The van der Waals surface area contributed by atoms with E-state index < -0.39 is 8.07 Å². The Bertz CT molecular complexity index is 196. The van der Waals surface area contributed by atoms with Gasteiger partial charge in [0.05, 0.1) is 0 Å². The van der Waals surface area contributed by atoms with Gasteiger partial charge in [-0.2, -0.15) is 0 Å². The van der Waals surface area contributed by atoms with Crippen LogP contribution in [-0.2, 0) is 0 Å². The molecule has 54 valence electrons. The Hall–Kier alpha value is -0.563. The summed E-state index contributed by atoms with van der Waals surface area (Å²) in [4.78, 5) is 0. The predicted molar refractivity (Wildman–Crippen MR) is 48.9 cm³/mol. The van der Waals surface area contributed by atoms with Gasteiger partial charge in [-0.05, 0) is 0 Å². The molecule has 0 aliphatic rings. The Morgan fingerprint density at radius 1 is 1.10 bits per heavy atom. The fourth-order valence-corrected chi connectivity index (χ4v) is 1.98. The van der Waals surface area contributed by atoms with Crippen LogP contribution in [0.1, 0.15) is 0 Å². The highest BCUT2D eigenvalue weighted by atomic mass is 28.3. The molecule has 0 N–H and O–H groups in total. The first-order valence-corrected chi connectivity index (χ1v) is 6.72. The highest BCUT2D eigenvalue weighted by molar-refractivity contribution is 6.91. The Morgan fingerprint density at radius 3 is 1.90 bits per heavy atom. The molecular formula is C9H13Si-. The number of hydrogen-bond acceptors (Lipinski definition) is 0. The third-order valence-corrected chi connectivity index (χ3v) is 3.45. The monoisotopic (exact) mass is 149 g/mol. The Morgan fingerprint density at radius 2 is 1.60 bits per heavy atom. The minimum absolute atomic E-state index is 1.28. The van der Waals surface area contributed by atoms with Crippen molar-refractivity contribution in [2.24, 2.45) is 0 Å². The predicted octanol–water partition coefficient (Wildman–Crippen LogP) is 1.98. The lowest BCUT2D eigenvalue weighted by atomic mass is 10.4. The van der Waals surface area contributed by atoms with Gasteiger partial charge in [0.2, 0.25) is 0 Å². The van der Waals surface area contributed by atoms with Gasteiger partial charge in [-0.3, -0.25) is 0 Å². The van der Waals surface area contributed by atoms with Crippen LogP contribution < -0.4 is 5.19 Å². The summed E-state index contributed by atoms with van der Waals surface area (Å²) in [6.45, 7) is 8.68. The summed E-state index contributed by atoms with van der Waals surface area (Å²) in [6.07, 6.45) is 0. The molecule has 1 rings (SSSR count). The summed E-state index contributed by atoms with van der Waals surface area (Å²) in [5, 5.41) is 1.43. The molecule has 0 atom stereocenters. The van der Waals surface area contributed by atoms with Crippen molar-refractivity contribution in [3.8, 4) is 0 Å². The van der Waals surface area contributed by atoms with Gasteiger partial charge in [0.25, 0.3) is 0 Å². The second kappa shape index (κ2) is 2.58. The Labute approximate surface area is 63.9 Å². The molecule has 0 nitrogen and oxygen atoms in total. The molecule has 0 bridgehead atoms. The molecule has 0 fully saturated rings. The van der Waals surface area contributed by atoms with Crippen molar-refractivity contribution in [3.63, 3.8) is 0 Å². The third kappa shape index (κ3) is 1.71. The highest BCUT2D eigenvalue weighted by Gasteiger charge is 2.05. The largest absolute Gasteiger partial charge is 0.338 e. The molecular weight excluding hydrogens is 136 g/mol. The molecule has 0 saturated carbocycles. The van der Waals surface area contributed by atoms with Crippen molar-refractivity contribution in [2.45, 2.75) is 13.1 Å². The lowest BCUT2D eigenvalue weighted by Gasteiger charge is -2.24. The van der Waals surface area contributed by atoms with Crippen LogP contribution >= 0.6 is 0 Å². The molecule has 0 heterocycles. The second-order valence-electron chi connectivity index (χ2n) is 3.25. The van der Waals surface area contributed by atoms with Crippen molar-refractivity contribution >= 4 is 13.3 Å². The topological polar surface area (TPSA) is 0 Å². The fraction of sp³-hybridized carbons (Fsp3) is 0.222. The van der Waals surface area contributed by atoms with Crippen molar-refractivity contribution in [1.82, 2.24) is 0 Å². The van der Waals surface area contributed by atoms with E-state index in [4.69, 9.17) is 0 Å². The molecule has 0 aliphatic heterocycles.